The number of halogens is 6. The third-order valence-electron chi connectivity index (χ3n) is 9.87. The van der Waals surface area contributed by atoms with Crippen LogP contribution in [0.3, 0.4) is 0 Å². The molecular weight excluding hydrogens is 852 g/mol. The number of benzene rings is 3. The summed E-state index contributed by atoms with van der Waals surface area (Å²) >= 11 is 0. The van der Waals surface area contributed by atoms with Crippen molar-refractivity contribution in [1.82, 2.24) is 25.1 Å². The zero-order valence-electron chi connectivity index (χ0n) is 33.6. The lowest BCUT2D eigenvalue weighted by atomic mass is 9.80. The highest BCUT2D eigenvalue weighted by molar-refractivity contribution is 5.82. The number of carbonyl (C=O) groups is 3. The standard InChI is InChI=1S/C41H43F6N5O11/c1-59-28-14-10-26(11-15-28)39(25-8-4-3-5-9-25,27-12-16-29(60-2)17-13-27)61-24-30-32(54)33(34(62-30)52-23-18-31(53)50-37(52)57)63-38(58)49-20-7-22-51(36(56)41(45,46)47)21-6-19-48-35(55)40(42,43)44/h3-5,8-18,23,30,32-34,54H,6-7,19-22,24H2,1-2H3,(H,48,55)(H,49,58)(H,50,53,57)/t30-,32-,33-,34-/m1/s1. The minimum atomic E-state index is -5.33. The van der Waals surface area contributed by atoms with E-state index in [9.17, 15) is 55.4 Å². The molecular formula is C41H43F6N5O11. The second kappa shape index (κ2) is 20.7. The molecule has 4 N–H and O–H groups in total. The normalized spacial score (nSPS) is 17.7. The van der Waals surface area contributed by atoms with E-state index in [2.05, 4.69) is 10.3 Å². The lowest BCUT2D eigenvalue weighted by Gasteiger charge is -2.37. The van der Waals surface area contributed by atoms with Gasteiger partial charge in [-0.15, -0.1) is 0 Å². The van der Waals surface area contributed by atoms with Crippen LogP contribution in [-0.2, 0) is 29.4 Å². The van der Waals surface area contributed by atoms with E-state index < -0.39 is 111 Å². The van der Waals surface area contributed by atoms with E-state index in [-0.39, 0.29) is 6.42 Å². The number of alkyl carbamates (subject to hydrolysis) is 1. The maximum atomic E-state index is 13.3. The van der Waals surface area contributed by atoms with Crippen LogP contribution in [0.4, 0.5) is 31.1 Å². The molecule has 0 radical (unpaired) electrons. The molecule has 0 bridgehead atoms. The number of nitrogens with zero attached hydrogens (tertiary/aromatic N) is 2. The summed E-state index contributed by atoms with van der Waals surface area (Å²) in [6.07, 6.45) is -17.7. The van der Waals surface area contributed by atoms with E-state index in [1.807, 2.05) is 18.2 Å². The van der Waals surface area contributed by atoms with Crippen molar-refractivity contribution in [2.45, 2.75) is 55.3 Å². The molecule has 0 spiro atoms. The zero-order chi connectivity index (χ0) is 46.0. The van der Waals surface area contributed by atoms with E-state index in [4.69, 9.17) is 23.7 Å². The summed E-state index contributed by atoms with van der Waals surface area (Å²) in [6, 6.07) is 24.2. The van der Waals surface area contributed by atoms with Crippen LogP contribution >= 0.6 is 0 Å². The molecule has 0 unspecified atom stereocenters. The number of aliphatic hydroxyl groups is 1. The van der Waals surface area contributed by atoms with Gasteiger partial charge in [-0.3, -0.25) is 23.9 Å². The van der Waals surface area contributed by atoms with Crippen LogP contribution in [0.25, 0.3) is 0 Å². The number of aromatic nitrogens is 2. The Morgan fingerprint density at radius 2 is 1.32 bits per heavy atom. The molecule has 0 aliphatic carbocycles. The number of aromatic amines is 1. The maximum absolute atomic E-state index is 13.3. The van der Waals surface area contributed by atoms with Crippen LogP contribution in [0.15, 0.2) is 101 Å². The fraction of sp³-hybridized carbons (Fsp3) is 0.390. The van der Waals surface area contributed by atoms with Gasteiger partial charge in [0.25, 0.3) is 5.56 Å². The third kappa shape index (κ3) is 11.8. The molecule has 5 rings (SSSR count). The molecule has 1 fully saturated rings. The van der Waals surface area contributed by atoms with Crippen LogP contribution in [0.1, 0.15) is 35.8 Å². The van der Waals surface area contributed by atoms with Crippen molar-refractivity contribution in [2.24, 2.45) is 0 Å². The molecule has 3 aromatic carbocycles. The smallest absolute Gasteiger partial charge is 0.471 e. The number of amides is 3. The highest BCUT2D eigenvalue weighted by atomic mass is 19.4. The molecule has 1 saturated heterocycles. The summed E-state index contributed by atoms with van der Waals surface area (Å²) in [4.78, 5) is 63.5. The minimum Gasteiger partial charge on any atom is -0.497 e. The van der Waals surface area contributed by atoms with E-state index >= 15 is 0 Å². The van der Waals surface area contributed by atoms with Gasteiger partial charge in [-0.05, 0) is 53.8 Å². The minimum absolute atomic E-state index is 0.303. The molecule has 22 heteroatoms. The Hall–Kier alpha value is -6.39. The number of aliphatic hydroxyl groups excluding tert-OH is 1. The zero-order valence-corrected chi connectivity index (χ0v) is 33.6. The Morgan fingerprint density at radius 1 is 0.778 bits per heavy atom. The number of carbonyl (C=O) groups excluding carboxylic acids is 3. The van der Waals surface area contributed by atoms with E-state index in [0.717, 1.165) is 16.8 Å². The average molecular weight is 896 g/mol. The third-order valence-corrected chi connectivity index (χ3v) is 9.87. The fourth-order valence-electron chi connectivity index (χ4n) is 6.81. The SMILES string of the molecule is COc1ccc(C(OC[C@H]2O[C@@H](n3ccc(=O)[nH]c3=O)[C@H](OC(=O)NCCCN(CCCNC(=O)C(F)(F)F)C(=O)C(F)(F)F)[C@@H]2O)(c2ccccc2)c2ccc(OC)cc2)cc1. The Bertz CT molecular complexity index is 2230. The van der Waals surface area contributed by atoms with Gasteiger partial charge in [-0.25, -0.2) is 9.59 Å². The van der Waals surface area contributed by atoms with E-state index in [1.54, 1.807) is 60.7 Å². The second-order valence-electron chi connectivity index (χ2n) is 13.9. The Morgan fingerprint density at radius 3 is 1.83 bits per heavy atom. The average Bonchev–Trinajstić information content (AvgIpc) is 3.56. The molecule has 3 amide bonds. The van der Waals surface area contributed by atoms with Gasteiger partial charge in [-0.1, -0.05) is 54.6 Å². The molecule has 1 aromatic heterocycles. The van der Waals surface area contributed by atoms with Gasteiger partial charge in [0.1, 0.15) is 29.3 Å². The second-order valence-corrected chi connectivity index (χ2v) is 13.9. The number of ether oxygens (including phenoxy) is 5. The molecule has 4 aromatic rings. The summed E-state index contributed by atoms with van der Waals surface area (Å²) < 4.78 is 107. The lowest BCUT2D eigenvalue weighted by Crippen LogP contribution is -2.45. The largest absolute Gasteiger partial charge is 0.497 e. The number of hydrogen-bond acceptors (Lipinski definition) is 11. The van der Waals surface area contributed by atoms with Gasteiger partial charge in [0.15, 0.2) is 12.3 Å². The molecule has 4 atom stereocenters. The number of rotatable bonds is 18. The summed E-state index contributed by atoms with van der Waals surface area (Å²) in [5, 5.41) is 15.5. The van der Waals surface area contributed by atoms with Crippen molar-refractivity contribution in [3.05, 3.63) is 129 Å². The first-order valence-electron chi connectivity index (χ1n) is 19.2. The lowest BCUT2D eigenvalue weighted by molar-refractivity contribution is -0.185. The molecule has 0 saturated carbocycles. The van der Waals surface area contributed by atoms with Crippen LogP contribution < -0.4 is 31.4 Å². The number of nitrogens with one attached hydrogen (secondary N) is 3. The van der Waals surface area contributed by atoms with Gasteiger partial charge in [0.05, 0.1) is 20.8 Å². The highest BCUT2D eigenvalue weighted by Crippen LogP contribution is 2.43. The van der Waals surface area contributed by atoms with Gasteiger partial charge < -0.3 is 44.3 Å². The van der Waals surface area contributed by atoms with Gasteiger partial charge in [0, 0.05) is 38.4 Å². The number of methoxy groups -OCH3 is 2. The molecule has 1 aliphatic rings. The van der Waals surface area contributed by atoms with E-state index in [0.29, 0.717) is 33.1 Å². The first-order valence-corrected chi connectivity index (χ1v) is 19.2. The number of H-pyrrole nitrogens is 1. The first kappa shape index (κ1) is 47.7. The Balaban J connectivity index is 1.35. The van der Waals surface area contributed by atoms with E-state index in [1.165, 1.54) is 19.5 Å². The Kier molecular flexibility index (Phi) is 15.6. The molecule has 63 heavy (non-hydrogen) atoms. The topological polar surface area (TPSA) is 200 Å². The number of hydrogen-bond donors (Lipinski definition) is 4. The fourth-order valence-corrected chi connectivity index (χ4v) is 6.81. The summed E-state index contributed by atoms with van der Waals surface area (Å²) in [6.45, 7) is -2.81. The quantitative estimate of drug-likeness (QED) is 0.0645. The highest BCUT2D eigenvalue weighted by Gasteiger charge is 2.50. The molecule has 340 valence electrons. The van der Waals surface area contributed by atoms with Crippen molar-refractivity contribution >= 4 is 17.9 Å². The first-order chi connectivity index (χ1) is 29.9. The summed E-state index contributed by atoms with van der Waals surface area (Å²) in [7, 11) is 3.02. The Labute approximate surface area is 354 Å². The van der Waals surface area contributed by atoms with Crippen LogP contribution in [0, 0.1) is 0 Å². The van der Waals surface area contributed by atoms with Crippen molar-refractivity contribution in [1.29, 1.82) is 0 Å². The molecule has 16 nitrogen and oxygen atoms in total. The van der Waals surface area contributed by atoms with Crippen LogP contribution in [0.2, 0.25) is 0 Å². The summed E-state index contributed by atoms with van der Waals surface area (Å²) in [5.41, 5.74) is -1.26. The van der Waals surface area contributed by atoms with Gasteiger partial charge in [-0.2, -0.15) is 26.3 Å². The van der Waals surface area contributed by atoms with Gasteiger partial charge >= 0.3 is 35.9 Å². The van der Waals surface area contributed by atoms with Crippen LogP contribution in [-0.4, -0.2) is 115 Å². The van der Waals surface area contributed by atoms with Crippen molar-refractivity contribution in [3.8, 4) is 11.5 Å². The number of alkyl halides is 6. The van der Waals surface area contributed by atoms with Gasteiger partial charge in [0.2, 0.25) is 0 Å². The van der Waals surface area contributed by atoms with Crippen molar-refractivity contribution in [2.75, 3.05) is 47.0 Å². The predicted octanol–water partition coefficient (Wildman–Crippen LogP) is 3.77. The predicted molar refractivity (Wildman–Crippen MR) is 209 cm³/mol. The maximum Gasteiger partial charge on any atom is 0.471 e. The van der Waals surface area contributed by atoms with Crippen molar-refractivity contribution < 1.29 is 69.5 Å². The van der Waals surface area contributed by atoms with Crippen LogP contribution in [0.5, 0.6) is 11.5 Å². The van der Waals surface area contributed by atoms with Crippen molar-refractivity contribution in [3.63, 3.8) is 0 Å². The molecule has 2 heterocycles. The molecule has 1 aliphatic heterocycles. The summed E-state index contributed by atoms with van der Waals surface area (Å²) in [5.74, 6) is -3.49. The monoisotopic (exact) mass is 895 g/mol.